The van der Waals surface area contributed by atoms with Gasteiger partial charge in [0.15, 0.2) is 11.4 Å². The number of carbonyl (C=O) groups is 2. The summed E-state index contributed by atoms with van der Waals surface area (Å²) >= 11 is 4.71. The molecule has 512 valence electrons. The number of carbonyl (C=O) groups excluding carboxylic acids is 2. The number of allylic oxidation sites excluding steroid dienone is 4. The van der Waals surface area contributed by atoms with Crippen LogP contribution in [0, 0.1) is 20.8 Å². The molecular formula is C67H77BrF6N8O10S3. The van der Waals surface area contributed by atoms with Crippen LogP contribution in [0.4, 0.5) is 47.3 Å². The number of aryl methyl sites for hydroxylation is 3. The van der Waals surface area contributed by atoms with Gasteiger partial charge in [0.05, 0.1) is 29.5 Å². The first kappa shape index (κ1) is 78.1. The normalized spacial score (nSPS) is 13.1. The van der Waals surface area contributed by atoms with Crippen molar-refractivity contribution in [1.29, 1.82) is 0 Å². The van der Waals surface area contributed by atoms with Gasteiger partial charge in [-0.05, 0) is 174 Å². The van der Waals surface area contributed by atoms with E-state index in [0.29, 0.717) is 55.6 Å². The Hall–Kier alpha value is -7.63. The molecule has 0 fully saturated rings. The topological polar surface area (TPSA) is 233 Å². The monoisotopic (exact) mass is 1440 g/mol. The zero-order valence-electron chi connectivity index (χ0n) is 54.1. The predicted octanol–water partition coefficient (Wildman–Crippen LogP) is 18.9. The van der Waals surface area contributed by atoms with E-state index in [-0.39, 0.29) is 60.6 Å². The maximum atomic E-state index is 14.8. The lowest BCUT2D eigenvalue weighted by Gasteiger charge is -2.32. The summed E-state index contributed by atoms with van der Waals surface area (Å²) in [7, 11) is -2.22. The zero-order chi connectivity index (χ0) is 70.4. The van der Waals surface area contributed by atoms with E-state index in [1.165, 1.54) is 23.9 Å². The molecule has 3 aromatic carbocycles. The standard InChI is InChI=1S/C30H35F3N4O4S.C26H28BrF3N4O4.C11H14O2S2/c1-7-9-16-29(30(31,32)33,39-19-21-14-12-11-13-15-21)26-37-36-24(40-26)23-22(34-27(38)41-28(4,5)6)18-20(3)25(35-23)42-17-10-8-2;1-6-7-13-25(26(28,29)30,36-15-17-11-9-8-10-12-17)22-34-33-21(37-22)19-18(14-16(2)20(27)32-19)31-23(35)38-24(3,4)5;1-3-4-9-14-15(12,13)11-7-5-10(2)6-8-11/h7-8,11-15,18H,1-2,9-10,16-17,19H2,3-6H3,(H,34,38);6,8-12,14H,1,7,13,15H2,2-5H3,(H,31,35);3,5-8H,1,4,9H2,2H3/t29-;25-;/m11./s1. The van der Waals surface area contributed by atoms with Crippen LogP contribution in [0.1, 0.15) is 120 Å². The van der Waals surface area contributed by atoms with Gasteiger partial charge < -0.3 is 27.8 Å². The van der Waals surface area contributed by atoms with Crippen LogP contribution in [0.2, 0.25) is 0 Å². The zero-order valence-corrected chi connectivity index (χ0v) is 58.1. The fourth-order valence-electron chi connectivity index (χ4n) is 8.24. The van der Waals surface area contributed by atoms with Crippen LogP contribution in [-0.2, 0) is 52.2 Å². The van der Waals surface area contributed by atoms with Crippen molar-refractivity contribution >= 4 is 70.9 Å². The highest BCUT2D eigenvalue weighted by atomic mass is 79.9. The number of benzene rings is 3. The van der Waals surface area contributed by atoms with Crippen molar-refractivity contribution in [3.8, 4) is 23.2 Å². The van der Waals surface area contributed by atoms with E-state index in [0.717, 1.165) is 21.9 Å². The van der Waals surface area contributed by atoms with Crippen LogP contribution in [-0.4, -0.2) is 86.0 Å². The third-order valence-electron chi connectivity index (χ3n) is 12.9. The summed E-state index contributed by atoms with van der Waals surface area (Å²) < 4.78 is 145. The van der Waals surface area contributed by atoms with Gasteiger partial charge in [0.25, 0.3) is 23.6 Å². The average molecular weight is 1440 g/mol. The number of ether oxygens (including phenoxy) is 4. The van der Waals surface area contributed by atoms with Crippen molar-refractivity contribution in [3.63, 3.8) is 0 Å². The summed E-state index contributed by atoms with van der Waals surface area (Å²) in [6.07, 6.45) is -4.94. The lowest BCUT2D eigenvalue weighted by molar-refractivity contribution is -0.299. The van der Waals surface area contributed by atoms with E-state index in [1.54, 1.807) is 165 Å². The second-order valence-electron chi connectivity index (χ2n) is 23.0. The van der Waals surface area contributed by atoms with E-state index in [1.807, 2.05) is 6.92 Å². The molecule has 2 atom stereocenters. The number of rotatable bonds is 27. The van der Waals surface area contributed by atoms with Crippen molar-refractivity contribution in [2.45, 2.75) is 159 Å². The summed E-state index contributed by atoms with van der Waals surface area (Å²) in [5.41, 5.74) is -3.72. The number of anilines is 2. The number of hydrogen-bond acceptors (Lipinski definition) is 18. The molecule has 4 heterocycles. The molecule has 2 amide bonds. The molecule has 4 aromatic heterocycles. The van der Waals surface area contributed by atoms with Gasteiger partial charge in [0.2, 0.25) is 20.1 Å². The fraction of sp³-hybridized carbons (Fsp3) is 0.373. The molecule has 0 aliphatic carbocycles. The molecule has 2 N–H and O–H groups in total. The highest BCUT2D eigenvalue weighted by Gasteiger charge is 2.62. The summed E-state index contributed by atoms with van der Waals surface area (Å²) in [4.78, 5) is 34.4. The number of pyridine rings is 2. The van der Waals surface area contributed by atoms with Crippen LogP contribution in [0.25, 0.3) is 23.2 Å². The third kappa shape index (κ3) is 23.0. The quantitative estimate of drug-likeness (QED) is 0.0122. The Labute approximate surface area is 566 Å². The van der Waals surface area contributed by atoms with Crippen molar-refractivity contribution in [3.05, 3.63) is 192 Å². The molecule has 0 saturated heterocycles. The minimum atomic E-state index is -4.92. The molecule has 7 aromatic rings. The lowest BCUT2D eigenvalue weighted by Crippen LogP contribution is -2.45. The number of thioether (sulfide) groups is 1. The number of hydrogen-bond donors (Lipinski definition) is 2. The Kier molecular flexibility index (Phi) is 28.7. The van der Waals surface area contributed by atoms with Crippen molar-refractivity contribution < 1.29 is 72.1 Å². The largest absolute Gasteiger partial charge is 0.444 e. The molecule has 0 unspecified atom stereocenters. The second-order valence-corrected chi connectivity index (χ2v) is 28.9. The first-order chi connectivity index (χ1) is 44.6. The van der Waals surface area contributed by atoms with Gasteiger partial charge in [0.1, 0.15) is 20.8 Å². The molecular weight excluding hydrogens is 1370 g/mol. The maximum absolute atomic E-state index is 14.8. The van der Waals surface area contributed by atoms with Gasteiger partial charge in [0, 0.05) is 11.5 Å². The van der Waals surface area contributed by atoms with E-state index in [2.05, 4.69) is 83.2 Å². The molecule has 0 spiro atoms. The molecule has 28 heteroatoms. The summed E-state index contributed by atoms with van der Waals surface area (Å²) in [6.45, 7) is 29.3. The molecule has 0 aliphatic heterocycles. The Morgan fingerprint density at radius 3 is 1.40 bits per heavy atom. The molecule has 0 radical (unpaired) electrons. The molecule has 0 bridgehead atoms. The van der Waals surface area contributed by atoms with E-state index in [4.69, 9.17) is 27.8 Å². The first-order valence-corrected chi connectivity index (χ1v) is 34.3. The second kappa shape index (κ2) is 34.9. The van der Waals surface area contributed by atoms with Gasteiger partial charge in [-0.25, -0.2) is 28.0 Å². The van der Waals surface area contributed by atoms with Gasteiger partial charge in [-0.2, -0.15) is 26.3 Å². The number of alkyl halides is 6. The predicted molar refractivity (Wildman–Crippen MR) is 360 cm³/mol. The third-order valence-corrected chi connectivity index (χ3v) is 18.4. The Bertz CT molecular complexity index is 3810. The molecule has 7 rings (SSSR count). The van der Waals surface area contributed by atoms with Gasteiger partial charge in [-0.3, -0.25) is 10.6 Å². The molecule has 95 heavy (non-hydrogen) atoms. The summed E-state index contributed by atoms with van der Waals surface area (Å²) in [5.74, 6) is -1.02. The van der Waals surface area contributed by atoms with Crippen LogP contribution in [0.5, 0.6) is 0 Å². The van der Waals surface area contributed by atoms with Crippen LogP contribution in [0.3, 0.4) is 0 Å². The smallest absolute Gasteiger partial charge is 0.426 e. The number of nitrogens with one attached hydrogen (secondary N) is 2. The maximum Gasteiger partial charge on any atom is 0.426 e. The van der Waals surface area contributed by atoms with Crippen LogP contribution >= 0.6 is 38.5 Å². The molecule has 0 aliphatic rings. The Morgan fingerprint density at radius 1 is 0.579 bits per heavy atom. The van der Waals surface area contributed by atoms with Crippen LogP contribution < -0.4 is 10.6 Å². The van der Waals surface area contributed by atoms with Crippen LogP contribution in [0.15, 0.2) is 171 Å². The average Bonchev–Trinajstić information content (AvgIpc) is 1.71. The van der Waals surface area contributed by atoms with Gasteiger partial charge in [-0.1, -0.05) is 103 Å². The Morgan fingerprint density at radius 2 is 0.989 bits per heavy atom. The van der Waals surface area contributed by atoms with Crippen molar-refractivity contribution in [2.75, 3.05) is 22.1 Å². The molecule has 0 saturated carbocycles. The van der Waals surface area contributed by atoms with E-state index < -0.39 is 80.4 Å². The first-order valence-electron chi connectivity index (χ1n) is 29.5. The molecule has 18 nitrogen and oxygen atoms in total. The highest BCUT2D eigenvalue weighted by molar-refractivity contribution is 9.10. The number of amides is 2. The fourth-order valence-corrected chi connectivity index (χ4v) is 12.2. The minimum absolute atomic E-state index is 0.00540. The van der Waals surface area contributed by atoms with Crippen molar-refractivity contribution in [2.24, 2.45) is 0 Å². The van der Waals surface area contributed by atoms with Gasteiger partial charge >= 0.3 is 24.5 Å². The number of nitrogens with zero attached hydrogens (tertiary/aromatic N) is 6. The summed E-state index contributed by atoms with van der Waals surface area (Å²) in [6, 6.07) is 27.0. The number of aromatic nitrogens is 6. The van der Waals surface area contributed by atoms with Crippen molar-refractivity contribution in [1.82, 2.24) is 30.4 Å². The summed E-state index contributed by atoms with van der Waals surface area (Å²) in [5, 5.41) is 21.1. The highest BCUT2D eigenvalue weighted by Crippen LogP contribution is 2.49. The lowest BCUT2D eigenvalue weighted by atomic mass is 9.96. The van der Waals surface area contributed by atoms with Gasteiger partial charge in [-0.15, -0.1) is 58.5 Å². The van der Waals surface area contributed by atoms with E-state index in [9.17, 15) is 44.3 Å². The number of halogens is 7. The Balaban J connectivity index is 0.000000284. The minimum Gasteiger partial charge on any atom is -0.444 e. The SMILES string of the molecule is C=CCCSS(=O)(=O)c1ccc(C)cc1.C=CCCSc1nc(-c2nnc([C@@](CCC=C)(OCc3ccccc3)C(F)(F)F)o2)c(NC(=O)OC(C)(C)C)cc1C.C=CCC[C@@](OCc1ccccc1)(c1nnc(-c2nc(Br)c(C)cc2NC(=O)OC(C)(C)C)o1)C(F)(F)F. The van der Waals surface area contributed by atoms with E-state index >= 15 is 0 Å².